The molecule has 3 rings (SSSR count). The van der Waals surface area contributed by atoms with E-state index in [1.165, 1.54) is 16.8 Å². The van der Waals surface area contributed by atoms with Crippen LogP contribution in [-0.2, 0) is 29.7 Å². The predicted octanol–water partition coefficient (Wildman–Crippen LogP) is 2.67. The largest absolute Gasteiger partial charge is 0.497 e. The van der Waals surface area contributed by atoms with Gasteiger partial charge < -0.3 is 19.1 Å². The second kappa shape index (κ2) is 9.95. The van der Waals surface area contributed by atoms with E-state index in [-0.39, 0.29) is 24.7 Å². The summed E-state index contributed by atoms with van der Waals surface area (Å²) in [5, 5.41) is 9.51. The molecule has 0 saturated carbocycles. The van der Waals surface area contributed by atoms with Crippen LogP contribution in [0.4, 0.5) is 0 Å². The van der Waals surface area contributed by atoms with Crippen LogP contribution in [0.25, 0.3) is 0 Å². The molecule has 0 unspecified atom stereocenters. The molecular weight excluding hydrogens is 418 g/mol. The Balaban J connectivity index is 1.91. The maximum atomic E-state index is 13.4. The first-order valence-electron chi connectivity index (χ1n) is 9.77. The van der Waals surface area contributed by atoms with Gasteiger partial charge in [-0.25, -0.2) is 13.4 Å². The molecule has 1 heterocycles. The number of benzene rings is 2. The minimum absolute atomic E-state index is 0.0600. The van der Waals surface area contributed by atoms with Gasteiger partial charge in [0, 0.05) is 25.8 Å². The molecule has 9 heteroatoms. The van der Waals surface area contributed by atoms with Gasteiger partial charge in [-0.15, -0.1) is 0 Å². The molecule has 0 fully saturated rings. The standard InChI is InChI=1S/C22H27N3O5S/c1-17(26)12-24-15-22(23-16-24)31(27,28)25(13-18-4-8-20(29-2)9-5-18)14-19-6-10-21(30-3)11-7-19/h4-11,15-17,26H,12-14H2,1-3H3/t17-/m0/s1. The van der Waals surface area contributed by atoms with Gasteiger partial charge in [-0.05, 0) is 42.3 Å². The number of hydrogen-bond acceptors (Lipinski definition) is 6. The van der Waals surface area contributed by atoms with Crippen LogP contribution < -0.4 is 9.47 Å². The molecule has 1 aromatic heterocycles. The van der Waals surface area contributed by atoms with E-state index in [1.807, 2.05) is 24.3 Å². The van der Waals surface area contributed by atoms with Crippen molar-refractivity contribution >= 4 is 10.0 Å². The summed E-state index contributed by atoms with van der Waals surface area (Å²) in [7, 11) is -0.722. The zero-order valence-electron chi connectivity index (χ0n) is 17.8. The van der Waals surface area contributed by atoms with Crippen molar-refractivity contribution < 1.29 is 23.0 Å². The number of rotatable bonds is 10. The van der Waals surface area contributed by atoms with Crippen molar-refractivity contribution in [3.63, 3.8) is 0 Å². The Bertz CT molecular complexity index is 1030. The zero-order chi connectivity index (χ0) is 22.4. The van der Waals surface area contributed by atoms with E-state index in [0.29, 0.717) is 11.5 Å². The Morgan fingerprint density at radius 2 is 1.45 bits per heavy atom. The fourth-order valence-corrected chi connectivity index (χ4v) is 4.46. The van der Waals surface area contributed by atoms with Crippen molar-refractivity contribution in [2.24, 2.45) is 0 Å². The van der Waals surface area contributed by atoms with E-state index >= 15 is 0 Å². The number of methoxy groups -OCH3 is 2. The first-order chi connectivity index (χ1) is 14.8. The Morgan fingerprint density at radius 1 is 0.968 bits per heavy atom. The van der Waals surface area contributed by atoms with Crippen LogP contribution in [-0.4, -0.2) is 47.7 Å². The monoisotopic (exact) mass is 445 g/mol. The van der Waals surface area contributed by atoms with Gasteiger partial charge in [0.2, 0.25) is 0 Å². The van der Waals surface area contributed by atoms with Gasteiger partial charge >= 0.3 is 0 Å². The number of hydrogen-bond donors (Lipinski definition) is 1. The number of imidazole rings is 1. The van der Waals surface area contributed by atoms with Gasteiger partial charge in [0.1, 0.15) is 11.5 Å². The van der Waals surface area contributed by atoms with E-state index in [4.69, 9.17) is 9.47 Å². The molecule has 2 aromatic carbocycles. The second-order valence-corrected chi connectivity index (χ2v) is 9.11. The van der Waals surface area contributed by atoms with Crippen molar-refractivity contribution in [3.05, 3.63) is 72.2 Å². The average Bonchev–Trinajstić information content (AvgIpc) is 3.23. The van der Waals surface area contributed by atoms with Crippen LogP contribution in [0.5, 0.6) is 11.5 Å². The summed E-state index contributed by atoms with van der Waals surface area (Å²) in [6.45, 7) is 2.23. The van der Waals surface area contributed by atoms with E-state index in [2.05, 4.69) is 4.98 Å². The lowest BCUT2D eigenvalue weighted by molar-refractivity contribution is 0.173. The highest BCUT2D eigenvalue weighted by Gasteiger charge is 2.27. The summed E-state index contributed by atoms with van der Waals surface area (Å²) >= 11 is 0. The summed E-state index contributed by atoms with van der Waals surface area (Å²) in [5.74, 6) is 1.40. The molecule has 0 spiro atoms. The summed E-state index contributed by atoms with van der Waals surface area (Å²) < 4.78 is 40.2. The molecule has 0 aliphatic heterocycles. The summed E-state index contributed by atoms with van der Waals surface area (Å²) in [6.07, 6.45) is 2.25. The van der Waals surface area contributed by atoms with Crippen molar-refractivity contribution in [1.29, 1.82) is 0 Å². The van der Waals surface area contributed by atoms with Crippen LogP contribution in [0.3, 0.4) is 0 Å². The van der Waals surface area contributed by atoms with Crippen molar-refractivity contribution in [2.75, 3.05) is 14.2 Å². The quantitative estimate of drug-likeness (QED) is 0.516. The van der Waals surface area contributed by atoms with Crippen molar-refractivity contribution in [1.82, 2.24) is 13.9 Å². The van der Waals surface area contributed by atoms with Crippen molar-refractivity contribution in [2.45, 2.75) is 37.7 Å². The highest BCUT2D eigenvalue weighted by Crippen LogP contribution is 2.22. The first kappa shape index (κ1) is 22.8. The molecule has 0 aliphatic rings. The van der Waals surface area contributed by atoms with Gasteiger partial charge in [0.15, 0.2) is 5.03 Å². The minimum Gasteiger partial charge on any atom is -0.497 e. The van der Waals surface area contributed by atoms with Gasteiger partial charge in [0.25, 0.3) is 10.0 Å². The molecule has 0 amide bonds. The predicted molar refractivity (Wildman–Crippen MR) is 116 cm³/mol. The summed E-state index contributed by atoms with van der Waals surface area (Å²) in [4.78, 5) is 4.08. The molecule has 0 aliphatic carbocycles. The molecular formula is C22H27N3O5S. The maximum absolute atomic E-state index is 13.4. The van der Waals surface area contributed by atoms with Gasteiger partial charge in [-0.3, -0.25) is 0 Å². The molecule has 0 saturated heterocycles. The average molecular weight is 446 g/mol. The number of sulfonamides is 1. The van der Waals surface area contributed by atoms with Gasteiger partial charge in [0.05, 0.1) is 26.7 Å². The normalized spacial score (nSPS) is 12.7. The summed E-state index contributed by atoms with van der Waals surface area (Å²) in [6, 6.07) is 14.5. The first-order valence-corrected chi connectivity index (χ1v) is 11.2. The molecule has 8 nitrogen and oxygen atoms in total. The SMILES string of the molecule is COc1ccc(CN(Cc2ccc(OC)cc2)S(=O)(=O)c2cn(C[C@H](C)O)cn2)cc1. The minimum atomic E-state index is -3.89. The van der Waals surface area contributed by atoms with E-state index in [0.717, 1.165) is 11.1 Å². The summed E-state index contributed by atoms with van der Waals surface area (Å²) in [5.41, 5.74) is 1.64. The fraction of sp³-hybridized carbons (Fsp3) is 0.318. The van der Waals surface area contributed by atoms with Crippen LogP contribution >= 0.6 is 0 Å². The molecule has 166 valence electrons. The maximum Gasteiger partial charge on any atom is 0.262 e. The van der Waals surface area contributed by atoms with Crippen LogP contribution in [0.15, 0.2) is 66.1 Å². The topological polar surface area (TPSA) is 93.9 Å². The lowest BCUT2D eigenvalue weighted by Crippen LogP contribution is -2.30. The Hall–Kier alpha value is -2.88. The number of nitrogens with zero attached hydrogens (tertiary/aromatic N) is 3. The Kier molecular flexibility index (Phi) is 7.32. The molecule has 0 radical (unpaired) electrons. The van der Waals surface area contributed by atoms with Gasteiger partial charge in [-0.1, -0.05) is 24.3 Å². The second-order valence-electron chi connectivity index (χ2n) is 7.23. The number of aromatic nitrogens is 2. The number of ether oxygens (including phenoxy) is 2. The number of aliphatic hydroxyl groups is 1. The molecule has 0 bridgehead atoms. The highest BCUT2D eigenvalue weighted by atomic mass is 32.2. The third-order valence-corrected chi connectivity index (χ3v) is 6.40. The van der Waals surface area contributed by atoms with Crippen molar-refractivity contribution in [3.8, 4) is 11.5 Å². The Morgan fingerprint density at radius 3 is 1.87 bits per heavy atom. The van der Waals surface area contributed by atoms with Crippen LogP contribution in [0.1, 0.15) is 18.1 Å². The lowest BCUT2D eigenvalue weighted by atomic mass is 10.2. The fourth-order valence-electron chi connectivity index (χ4n) is 3.11. The van der Waals surface area contributed by atoms with Crippen LogP contribution in [0, 0.1) is 0 Å². The zero-order valence-corrected chi connectivity index (χ0v) is 18.6. The molecule has 1 N–H and O–H groups in total. The molecule has 3 aromatic rings. The molecule has 31 heavy (non-hydrogen) atoms. The van der Waals surface area contributed by atoms with E-state index in [1.54, 1.807) is 50.0 Å². The third-order valence-electron chi connectivity index (χ3n) is 4.72. The number of aliphatic hydroxyl groups excluding tert-OH is 1. The smallest absolute Gasteiger partial charge is 0.262 e. The van der Waals surface area contributed by atoms with Gasteiger partial charge in [-0.2, -0.15) is 4.31 Å². The third kappa shape index (κ3) is 5.84. The van der Waals surface area contributed by atoms with E-state index in [9.17, 15) is 13.5 Å². The van der Waals surface area contributed by atoms with Crippen LogP contribution in [0.2, 0.25) is 0 Å². The lowest BCUT2D eigenvalue weighted by Gasteiger charge is -2.21. The highest BCUT2D eigenvalue weighted by molar-refractivity contribution is 7.89. The Labute approximate surface area is 182 Å². The molecule has 1 atom stereocenters. The van der Waals surface area contributed by atoms with E-state index < -0.39 is 16.1 Å².